The lowest BCUT2D eigenvalue weighted by atomic mass is 10.8. The van der Waals surface area contributed by atoms with E-state index in [1.807, 2.05) is 0 Å². The summed E-state index contributed by atoms with van der Waals surface area (Å²) in [6.45, 7) is 0. The van der Waals surface area contributed by atoms with E-state index in [4.69, 9.17) is 4.74 Å². The first-order valence-electron chi connectivity index (χ1n) is 1.91. The number of hydrazone groups is 1. The van der Waals surface area contributed by atoms with Gasteiger partial charge in [0.1, 0.15) is 0 Å². The Balaban J connectivity index is 2.36. The molecule has 4 heteroatoms. The van der Waals surface area contributed by atoms with Crippen molar-refractivity contribution < 1.29 is 4.74 Å². The van der Waals surface area contributed by atoms with Crippen LogP contribution in [0.25, 0.3) is 0 Å². The maximum absolute atomic E-state index is 4.78. The smallest absolute Gasteiger partial charge is 0.218 e. The lowest BCUT2D eigenvalue weighted by molar-refractivity contribution is 0.400. The molecular weight excluding hydrogens is 112 g/mol. The molecule has 1 N–H and O–H groups in total. The van der Waals surface area contributed by atoms with Crippen LogP contribution < -0.4 is 4.83 Å². The molecule has 1 aliphatic heterocycles. The first-order valence-corrected chi connectivity index (χ1v) is 2.89. The van der Waals surface area contributed by atoms with E-state index in [2.05, 4.69) is 9.93 Å². The van der Waals surface area contributed by atoms with Crippen LogP contribution in [-0.2, 0) is 4.74 Å². The fraction of sp³-hybridized carbons (Fsp3) is 0.667. The lowest BCUT2D eigenvalue weighted by Gasteiger charge is -1.88. The zero-order chi connectivity index (χ0) is 5.11. The van der Waals surface area contributed by atoms with Crippen LogP contribution in [0.4, 0.5) is 0 Å². The van der Waals surface area contributed by atoms with E-state index >= 15 is 0 Å². The van der Waals surface area contributed by atoms with Gasteiger partial charge in [-0.2, -0.15) is 0 Å². The fourth-order valence-electron chi connectivity index (χ4n) is 0.314. The van der Waals surface area contributed by atoms with Crippen molar-refractivity contribution in [2.75, 3.05) is 12.9 Å². The molecule has 7 heavy (non-hydrogen) atoms. The van der Waals surface area contributed by atoms with Crippen LogP contribution >= 0.6 is 11.9 Å². The van der Waals surface area contributed by atoms with Crippen LogP contribution in [0.2, 0.25) is 0 Å². The highest BCUT2D eigenvalue weighted by Crippen LogP contribution is 2.01. The molecular formula is C3H6N2OS. The summed E-state index contributed by atoms with van der Waals surface area (Å²) in [4.78, 5) is 2.70. The van der Waals surface area contributed by atoms with Crippen LogP contribution in [0.1, 0.15) is 0 Å². The molecule has 0 fully saturated rings. The highest BCUT2D eigenvalue weighted by atomic mass is 32.2. The molecule has 3 nitrogen and oxygen atoms in total. The summed E-state index contributed by atoms with van der Waals surface area (Å²) < 4.78 is 4.78. The first kappa shape index (κ1) is 4.77. The topological polar surface area (TPSA) is 33.6 Å². The predicted molar refractivity (Wildman–Crippen MR) is 30.0 cm³/mol. The molecule has 40 valence electrons. The van der Waals surface area contributed by atoms with Gasteiger partial charge >= 0.3 is 0 Å². The number of hydrogen-bond donors (Lipinski definition) is 1. The standard InChI is InChI=1S/C3H6N2OS/c1-6-3-2-7-5-4-3/h5H,2H2,1H3. The minimum absolute atomic E-state index is 0.769. The maximum Gasteiger partial charge on any atom is 0.218 e. The molecule has 0 spiro atoms. The third-order valence-corrected chi connectivity index (χ3v) is 1.28. The van der Waals surface area contributed by atoms with Crippen molar-refractivity contribution in [3.05, 3.63) is 0 Å². The summed E-state index contributed by atoms with van der Waals surface area (Å²) in [6.07, 6.45) is 0. The Kier molecular flexibility index (Phi) is 1.41. The van der Waals surface area contributed by atoms with Gasteiger partial charge in [0.25, 0.3) is 0 Å². The quantitative estimate of drug-likeness (QED) is 0.461. The van der Waals surface area contributed by atoms with Gasteiger partial charge in [-0.05, 0) is 11.9 Å². The number of hydrogen-bond acceptors (Lipinski definition) is 4. The van der Waals surface area contributed by atoms with E-state index in [0.717, 1.165) is 11.7 Å². The van der Waals surface area contributed by atoms with Crippen molar-refractivity contribution >= 4 is 17.8 Å². The second kappa shape index (κ2) is 2.07. The number of nitrogens with one attached hydrogen (secondary N) is 1. The van der Waals surface area contributed by atoms with E-state index < -0.39 is 0 Å². The Morgan fingerprint density at radius 2 is 2.86 bits per heavy atom. The van der Waals surface area contributed by atoms with E-state index in [-0.39, 0.29) is 0 Å². The van der Waals surface area contributed by atoms with Gasteiger partial charge in [0.15, 0.2) is 0 Å². The number of methoxy groups -OCH3 is 1. The molecule has 0 bridgehead atoms. The second-order valence-corrected chi connectivity index (χ2v) is 1.85. The third kappa shape index (κ3) is 0.991. The summed E-state index contributed by atoms with van der Waals surface area (Å²) >= 11 is 1.53. The molecule has 0 unspecified atom stereocenters. The van der Waals surface area contributed by atoms with Gasteiger partial charge < -0.3 is 4.74 Å². The second-order valence-electron chi connectivity index (χ2n) is 1.09. The van der Waals surface area contributed by atoms with Crippen molar-refractivity contribution in [2.24, 2.45) is 5.10 Å². The Hall–Kier alpha value is -0.380. The predicted octanol–water partition coefficient (Wildman–Crippen LogP) is 0.198. The summed E-state index contributed by atoms with van der Waals surface area (Å²) in [7, 11) is 1.62. The largest absolute Gasteiger partial charge is 0.482 e. The Morgan fingerprint density at radius 3 is 3.14 bits per heavy atom. The monoisotopic (exact) mass is 118 g/mol. The fourth-order valence-corrected chi connectivity index (χ4v) is 0.851. The molecule has 0 aromatic heterocycles. The van der Waals surface area contributed by atoms with E-state index in [1.54, 1.807) is 7.11 Å². The lowest BCUT2D eigenvalue weighted by Crippen LogP contribution is -1.98. The number of ether oxygens (including phenoxy) is 1. The molecule has 0 aliphatic carbocycles. The molecule has 1 rings (SSSR count). The van der Waals surface area contributed by atoms with Crippen LogP contribution in [-0.4, -0.2) is 18.8 Å². The molecule has 0 saturated carbocycles. The number of rotatable bonds is 0. The molecule has 0 aromatic carbocycles. The normalized spacial score (nSPS) is 18.1. The first-order chi connectivity index (χ1) is 3.43. The summed E-state index contributed by atoms with van der Waals surface area (Å²) in [6, 6.07) is 0. The highest BCUT2D eigenvalue weighted by molar-refractivity contribution is 7.98. The van der Waals surface area contributed by atoms with Gasteiger partial charge in [-0.25, -0.2) is 4.83 Å². The number of nitrogens with zero attached hydrogens (tertiary/aromatic N) is 1. The average Bonchev–Trinajstić information content (AvgIpc) is 2.14. The summed E-state index contributed by atoms with van der Waals surface area (Å²) in [5.74, 6) is 1.61. The zero-order valence-corrected chi connectivity index (χ0v) is 4.79. The minimum Gasteiger partial charge on any atom is -0.482 e. The van der Waals surface area contributed by atoms with Gasteiger partial charge in [-0.1, -0.05) is 0 Å². The van der Waals surface area contributed by atoms with Crippen molar-refractivity contribution in [2.45, 2.75) is 0 Å². The van der Waals surface area contributed by atoms with Crippen LogP contribution in [0.3, 0.4) is 0 Å². The van der Waals surface area contributed by atoms with E-state index in [0.29, 0.717) is 0 Å². The van der Waals surface area contributed by atoms with Crippen molar-refractivity contribution in [1.82, 2.24) is 4.83 Å². The SMILES string of the molecule is COC1=NNSC1. The van der Waals surface area contributed by atoms with E-state index in [9.17, 15) is 0 Å². The molecule has 0 atom stereocenters. The summed E-state index contributed by atoms with van der Waals surface area (Å²) in [5.41, 5.74) is 0. The van der Waals surface area contributed by atoms with Gasteiger partial charge in [0.05, 0.1) is 12.9 Å². The van der Waals surface area contributed by atoms with Crippen LogP contribution in [0.5, 0.6) is 0 Å². The molecule has 0 saturated heterocycles. The third-order valence-electron chi connectivity index (χ3n) is 0.666. The van der Waals surface area contributed by atoms with Crippen molar-refractivity contribution in [3.8, 4) is 0 Å². The minimum atomic E-state index is 0.769. The molecule has 0 radical (unpaired) electrons. The molecule has 1 aliphatic rings. The Bertz CT molecular complexity index is 92.9. The summed E-state index contributed by atoms with van der Waals surface area (Å²) in [5, 5.41) is 3.76. The van der Waals surface area contributed by atoms with Crippen molar-refractivity contribution in [3.63, 3.8) is 0 Å². The molecule has 0 aromatic rings. The Labute approximate surface area is 46.3 Å². The average molecular weight is 118 g/mol. The zero-order valence-electron chi connectivity index (χ0n) is 3.97. The van der Waals surface area contributed by atoms with Gasteiger partial charge in [-0.3, -0.25) is 0 Å². The molecule has 0 amide bonds. The van der Waals surface area contributed by atoms with Gasteiger partial charge in [0.2, 0.25) is 5.90 Å². The van der Waals surface area contributed by atoms with Crippen molar-refractivity contribution in [1.29, 1.82) is 0 Å². The van der Waals surface area contributed by atoms with Gasteiger partial charge in [-0.15, -0.1) is 5.10 Å². The maximum atomic E-state index is 4.78. The van der Waals surface area contributed by atoms with E-state index in [1.165, 1.54) is 11.9 Å². The Morgan fingerprint density at radius 1 is 2.00 bits per heavy atom. The molecule has 1 heterocycles. The van der Waals surface area contributed by atoms with Gasteiger partial charge in [0, 0.05) is 0 Å². The highest BCUT2D eigenvalue weighted by Gasteiger charge is 2.03. The van der Waals surface area contributed by atoms with Crippen LogP contribution in [0.15, 0.2) is 5.10 Å². The van der Waals surface area contributed by atoms with Crippen LogP contribution in [0, 0.1) is 0 Å².